The number of nitro benzene ring substituents is 2. The minimum Gasteiger partial charge on any atom is -0.399 e. The first-order valence-electron chi connectivity index (χ1n) is 20.9. The van der Waals surface area contributed by atoms with Gasteiger partial charge in [0.15, 0.2) is 4.30 Å². The molecule has 21 heteroatoms. The molecule has 0 radical (unpaired) electrons. The van der Waals surface area contributed by atoms with Crippen molar-refractivity contribution >= 4 is 80.5 Å². The third-order valence-corrected chi connectivity index (χ3v) is 10.3. The minimum absolute atomic E-state index is 0.00456. The second-order valence-electron chi connectivity index (χ2n) is 14.6. The number of nitrogens with zero attached hydrogens (tertiary/aromatic N) is 8. The monoisotopic (exact) mass is 972 g/mol. The molecule has 0 aliphatic carbocycles. The summed E-state index contributed by atoms with van der Waals surface area (Å²) in [6, 6.07) is 18.0. The van der Waals surface area contributed by atoms with E-state index in [2.05, 4.69) is 59.8 Å². The van der Waals surface area contributed by atoms with Gasteiger partial charge in [-0.3, -0.25) is 34.6 Å². The Hall–Kier alpha value is -4.17. The van der Waals surface area contributed by atoms with Crippen LogP contribution in [0, 0.1) is 20.2 Å². The highest BCUT2D eigenvalue weighted by atomic mass is 35.6. The molecule has 3 N–H and O–H groups in total. The van der Waals surface area contributed by atoms with Gasteiger partial charge < -0.3 is 40.4 Å². The molecule has 2 amide bonds. The van der Waals surface area contributed by atoms with Gasteiger partial charge in [0.25, 0.3) is 28.4 Å². The van der Waals surface area contributed by atoms with Gasteiger partial charge in [0.1, 0.15) is 0 Å². The summed E-state index contributed by atoms with van der Waals surface area (Å²) < 4.78 is -0.750. The van der Waals surface area contributed by atoms with E-state index in [9.17, 15) is 34.6 Å². The molecule has 3 heterocycles. The number of piperazine rings is 3. The van der Waals surface area contributed by atoms with Crippen molar-refractivity contribution in [2.24, 2.45) is 0 Å². The molecule has 64 heavy (non-hydrogen) atoms. The third kappa shape index (κ3) is 24.2. The fourth-order valence-electron chi connectivity index (χ4n) is 5.90. The quantitative estimate of drug-likeness (QED) is 0.0821. The number of nitrogen functional groups attached to an aromatic ring is 1. The second kappa shape index (κ2) is 32.5. The van der Waals surface area contributed by atoms with Crippen LogP contribution in [0.1, 0.15) is 51.8 Å². The number of amides is 2. The first kappa shape index (κ1) is 57.8. The Morgan fingerprint density at radius 3 is 1.14 bits per heavy atom. The summed E-state index contributed by atoms with van der Waals surface area (Å²) in [4.78, 5) is 67.2. The SMILES string of the molecule is CCN(CC)CC.CN1CCN(C(=O)c2ccc(N)cc2)CC1.CN1CCN(C(=O)c2ccc([N+](=O)[O-])cc2)CC1.CN1CCNCC1.ClC(Cl)Cl.O=C(Cl)c1ccc([N+](=O)[O-])cc1. The summed E-state index contributed by atoms with van der Waals surface area (Å²) in [5.74, 6) is 0.0473. The average Bonchev–Trinajstić information content (AvgIpc) is 3.28. The van der Waals surface area contributed by atoms with Gasteiger partial charge >= 0.3 is 0 Å². The van der Waals surface area contributed by atoms with Crippen molar-refractivity contribution in [3.8, 4) is 0 Å². The first-order chi connectivity index (χ1) is 30.3. The lowest BCUT2D eigenvalue weighted by Gasteiger charge is -2.32. The number of carbonyl (C=O) groups excluding carboxylic acids is 3. The van der Waals surface area contributed by atoms with Crippen LogP contribution in [-0.2, 0) is 0 Å². The molecule has 3 aromatic carbocycles. The normalized spacial score (nSPS) is 15.2. The van der Waals surface area contributed by atoms with Gasteiger partial charge in [-0.15, -0.1) is 0 Å². The molecular formula is C43H64Cl4N10O7. The van der Waals surface area contributed by atoms with Crippen molar-refractivity contribution in [3.05, 3.63) is 110 Å². The Morgan fingerprint density at radius 1 is 0.594 bits per heavy atom. The first-order valence-corrected chi connectivity index (χ1v) is 22.6. The van der Waals surface area contributed by atoms with Crippen molar-refractivity contribution in [1.82, 2.24) is 34.7 Å². The van der Waals surface area contributed by atoms with Crippen LogP contribution in [-0.4, -0.2) is 180 Å². The van der Waals surface area contributed by atoms with E-state index in [-0.39, 0.29) is 28.8 Å². The zero-order valence-electron chi connectivity index (χ0n) is 37.6. The van der Waals surface area contributed by atoms with Crippen LogP contribution in [0.3, 0.4) is 0 Å². The highest BCUT2D eigenvalue weighted by molar-refractivity contribution is 6.67. The summed E-state index contributed by atoms with van der Waals surface area (Å²) in [5, 5.41) is 23.3. The average molecular weight is 975 g/mol. The third-order valence-electron chi connectivity index (χ3n) is 10.1. The summed E-state index contributed by atoms with van der Waals surface area (Å²) in [6.07, 6.45) is 0. The van der Waals surface area contributed by atoms with Gasteiger partial charge in [0.05, 0.1) is 9.85 Å². The summed E-state index contributed by atoms with van der Waals surface area (Å²) in [7, 11) is 6.25. The number of rotatable bonds is 8. The van der Waals surface area contributed by atoms with Crippen LogP contribution in [0.2, 0.25) is 0 Å². The minimum atomic E-state index is -0.750. The Kier molecular flexibility index (Phi) is 29.4. The van der Waals surface area contributed by atoms with E-state index in [0.717, 1.165) is 57.9 Å². The molecular weight excluding hydrogens is 910 g/mol. The van der Waals surface area contributed by atoms with E-state index < -0.39 is 19.4 Å². The van der Waals surface area contributed by atoms with Crippen LogP contribution < -0.4 is 11.1 Å². The van der Waals surface area contributed by atoms with E-state index in [0.29, 0.717) is 24.3 Å². The zero-order valence-corrected chi connectivity index (χ0v) is 40.7. The predicted octanol–water partition coefficient (Wildman–Crippen LogP) is 6.47. The molecule has 17 nitrogen and oxygen atoms in total. The maximum Gasteiger partial charge on any atom is 0.269 e. The van der Waals surface area contributed by atoms with Crippen molar-refractivity contribution in [2.75, 3.05) is 125 Å². The summed E-state index contributed by atoms with van der Waals surface area (Å²) in [5.41, 5.74) is 7.71. The van der Waals surface area contributed by atoms with Gasteiger partial charge in [-0.2, -0.15) is 0 Å². The number of hydrogen-bond donors (Lipinski definition) is 2. The largest absolute Gasteiger partial charge is 0.399 e. The van der Waals surface area contributed by atoms with E-state index in [1.807, 2.05) is 11.9 Å². The van der Waals surface area contributed by atoms with Gasteiger partial charge in [0, 0.05) is 125 Å². The molecule has 3 aliphatic heterocycles. The second-order valence-corrected chi connectivity index (χ2v) is 16.9. The van der Waals surface area contributed by atoms with E-state index in [1.54, 1.807) is 29.2 Å². The van der Waals surface area contributed by atoms with Crippen LogP contribution in [0.15, 0.2) is 72.8 Å². The van der Waals surface area contributed by atoms with E-state index >= 15 is 0 Å². The number of nitrogens with one attached hydrogen (secondary N) is 1. The number of likely N-dealkylation sites (N-methyl/N-ethyl adjacent to an activating group) is 3. The number of benzene rings is 3. The number of anilines is 1. The van der Waals surface area contributed by atoms with Crippen molar-refractivity contribution in [3.63, 3.8) is 0 Å². The number of alkyl halides is 3. The smallest absolute Gasteiger partial charge is 0.269 e. The van der Waals surface area contributed by atoms with Gasteiger partial charge in [-0.25, -0.2) is 0 Å². The molecule has 0 bridgehead atoms. The molecule has 0 saturated carbocycles. The maximum absolute atomic E-state index is 12.1. The Bertz CT molecular complexity index is 1760. The summed E-state index contributed by atoms with van der Waals surface area (Å²) in [6.45, 7) is 21.5. The number of hydrogen-bond acceptors (Lipinski definition) is 13. The Balaban J connectivity index is 0.000000408. The Labute approximate surface area is 397 Å². The lowest BCUT2D eigenvalue weighted by atomic mass is 10.1. The maximum atomic E-state index is 12.1. The number of halogens is 4. The predicted molar refractivity (Wildman–Crippen MR) is 259 cm³/mol. The molecule has 3 fully saturated rings. The molecule has 0 aromatic heterocycles. The van der Waals surface area contributed by atoms with E-state index in [4.69, 9.17) is 52.1 Å². The highest BCUT2D eigenvalue weighted by Crippen LogP contribution is 2.15. The van der Waals surface area contributed by atoms with Gasteiger partial charge in [-0.1, -0.05) is 55.6 Å². The molecule has 3 saturated heterocycles. The molecule has 356 valence electrons. The summed E-state index contributed by atoms with van der Waals surface area (Å²) >= 11 is 19.5. The highest BCUT2D eigenvalue weighted by Gasteiger charge is 2.21. The number of nitrogens with two attached hydrogens (primary N) is 1. The van der Waals surface area contributed by atoms with Crippen LogP contribution in [0.25, 0.3) is 0 Å². The van der Waals surface area contributed by atoms with E-state index in [1.165, 1.54) is 81.3 Å². The molecule has 3 aromatic rings. The molecule has 0 unspecified atom stereocenters. The fourth-order valence-corrected chi connectivity index (χ4v) is 6.02. The van der Waals surface area contributed by atoms with Crippen LogP contribution in [0.5, 0.6) is 0 Å². The molecule has 6 rings (SSSR count). The van der Waals surface area contributed by atoms with Gasteiger partial charge in [-0.05, 0) is 101 Å². The molecule has 3 aliphatic rings. The fraction of sp³-hybridized carbons (Fsp3) is 0.512. The Morgan fingerprint density at radius 2 is 0.891 bits per heavy atom. The number of nitro groups is 2. The lowest BCUT2D eigenvalue weighted by molar-refractivity contribution is -0.385. The van der Waals surface area contributed by atoms with Crippen molar-refractivity contribution in [1.29, 1.82) is 0 Å². The zero-order chi connectivity index (χ0) is 48.2. The van der Waals surface area contributed by atoms with Crippen molar-refractivity contribution in [2.45, 2.75) is 25.1 Å². The van der Waals surface area contributed by atoms with Crippen LogP contribution in [0.4, 0.5) is 17.1 Å². The number of carbonyl (C=O) groups is 3. The molecule has 0 atom stereocenters. The van der Waals surface area contributed by atoms with Crippen molar-refractivity contribution < 1.29 is 24.2 Å². The number of non-ortho nitro benzene ring substituents is 2. The topological polar surface area (TPSA) is 195 Å². The van der Waals surface area contributed by atoms with Crippen LogP contribution >= 0.6 is 46.4 Å². The standard InChI is InChI=1S/C12H15N3O3.C12H17N3O.C7H4ClNO3.C6H15N.C5H12N2.CHCl3/c1-13-6-8-14(9-7-13)12(16)10-2-4-11(5-3-10)15(17)18;1-14-6-8-15(9-7-14)12(16)10-2-4-11(13)5-3-10;8-7(10)5-1-3-6(4-2-5)9(11)12;1-4-7(5-2)6-3;1-7-4-2-6-3-5-7;2-1(3)4/h2-5H,6-9H2,1H3;2-5H,6-9,13H2,1H3;1-4H;4-6H2,1-3H3;6H,2-5H2,1H3;1H. The lowest BCUT2D eigenvalue weighted by Crippen LogP contribution is -2.47. The molecule has 0 spiro atoms. The van der Waals surface area contributed by atoms with Gasteiger partial charge in [0.2, 0.25) is 0 Å².